The Hall–Kier alpha value is -7.72. The molecule has 0 aliphatic heterocycles. The first-order valence-corrected chi connectivity index (χ1v) is 27.2. The van der Waals surface area contributed by atoms with Crippen LogP contribution < -0.4 is 0 Å². The molecule has 1 unspecified atom stereocenters. The summed E-state index contributed by atoms with van der Waals surface area (Å²) in [6, 6.07) is 78.5. The zero-order valence-corrected chi connectivity index (χ0v) is 42.7. The summed E-state index contributed by atoms with van der Waals surface area (Å²) in [6.45, 7) is 9.76. The van der Waals surface area contributed by atoms with Crippen LogP contribution in [0.5, 0.6) is 0 Å². The number of aromatic nitrogens is 2. The van der Waals surface area contributed by atoms with Gasteiger partial charge in [-0.25, -0.2) is 0 Å². The van der Waals surface area contributed by atoms with Gasteiger partial charge in [0, 0.05) is 38.8 Å². The van der Waals surface area contributed by atoms with E-state index >= 15 is 0 Å². The van der Waals surface area contributed by atoms with Crippen molar-refractivity contribution in [1.82, 2.24) is 9.13 Å². The van der Waals surface area contributed by atoms with E-state index in [-0.39, 0.29) is 10.1 Å². The molecule has 0 N–H and O–H groups in total. The van der Waals surface area contributed by atoms with E-state index in [0.717, 1.165) is 37.8 Å². The number of rotatable bonds is 11. The third-order valence-corrected chi connectivity index (χ3v) is 19.3. The molecule has 72 heavy (non-hydrogen) atoms. The molecule has 0 spiro atoms. The molecule has 2 aromatic heterocycles. The first-order chi connectivity index (χ1) is 35.4. The lowest BCUT2D eigenvalue weighted by Gasteiger charge is -2.41. The van der Waals surface area contributed by atoms with Crippen molar-refractivity contribution in [1.29, 1.82) is 0 Å². The standard InChI is InChI=1S/C69H58N2Si/c1-5-68(4,50-25-9-8-10-26-50)72-69(6-2,7-3)51-39-40-60-61(44-51)66(48-38-37-46-23-11-12-24-47(46)41-48)58-31-13-14-32-59(58)67(60)49-42-52(70-62-33-19-15-27-54(62)55-28-16-20-34-63(55)70)45-53(43-49)71-64-35-21-17-29-56(64)57-30-18-22-36-65(57)71/h8-21,23-35,37-45H,5-7,22,36H2,1-4H3. The number of para-hydroxylation sites is 3. The lowest BCUT2D eigenvalue weighted by molar-refractivity contribution is 0.514. The van der Waals surface area contributed by atoms with Gasteiger partial charge in [-0.15, -0.1) is 0 Å². The highest BCUT2D eigenvalue weighted by Gasteiger charge is 2.39. The molecule has 348 valence electrons. The van der Waals surface area contributed by atoms with Gasteiger partial charge in [-0.05, 0) is 150 Å². The predicted molar refractivity (Wildman–Crippen MR) is 310 cm³/mol. The first-order valence-electron chi connectivity index (χ1n) is 26.2. The van der Waals surface area contributed by atoms with Gasteiger partial charge in [-0.1, -0.05) is 204 Å². The van der Waals surface area contributed by atoms with E-state index < -0.39 is 0 Å². The third-order valence-electron chi connectivity index (χ3n) is 16.6. The highest BCUT2D eigenvalue weighted by molar-refractivity contribution is 6.44. The molecule has 10 aromatic carbocycles. The van der Waals surface area contributed by atoms with Crippen molar-refractivity contribution in [2.45, 2.75) is 69.9 Å². The van der Waals surface area contributed by atoms with Crippen LogP contribution in [0.1, 0.15) is 75.8 Å². The Balaban J connectivity index is 1.14. The maximum absolute atomic E-state index is 2.64. The topological polar surface area (TPSA) is 9.86 Å². The second-order valence-corrected chi connectivity index (χ2v) is 22.7. The summed E-state index contributed by atoms with van der Waals surface area (Å²) in [4.78, 5) is 0. The minimum atomic E-state index is -0.0199. The second kappa shape index (κ2) is 17.5. The lowest BCUT2D eigenvalue weighted by Crippen LogP contribution is -2.44. The summed E-state index contributed by atoms with van der Waals surface area (Å²) < 4.78 is 5.09. The maximum atomic E-state index is 2.64. The van der Waals surface area contributed by atoms with E-state index in [2.05, 4.69) is 255 Å². The van der Waals surface area contributed by atoms with E-state index in [1.54, 1.807) is 0 Å². The first kappa shape index (κ1) is 44.2. The van der Waals surface area contributed by atoms with Crippen LogP contribution in [-0.4, -0.2) is 18.7 Å². The summed E-state index contributed by atoms with van der Waals surface area (Å²) in [5.74, 6) is 0. The zero-order valence-electron chi connectivity index (χ0n) is 41.7. The van der Waals surface area contributed by atoms with Crippen LogP contribution in [0.3, 0.4) is 0 Å². The Bertz CT molecular complexity index is 4050. The van der Waals surface area contributed by atoms with Crippen molar-refractivity contribution in [3.63, 3.8) is 0 Å². The van der Waals surface area contributed by atoms with E-state index in [1.807, 2.05) is 0 Å². The Morgan fingerprint density at radius 1 is 0.431 bits per heavy atom. The smallest absolute Gasteiger partial charge is 0.0647 e. The summed E-state index contributed by atoms with van der Waals surface area (Å²) in [7, 11) is 0.703. The molecule has 0 bridgehead atoms. The SMILES string of the molecule is CCC(C)([Si]C(CC)(CC)c1ccc2c(-c3cc(-n4c5c(c6ccccc64)C=CCC5)cc(-n4c5ccccc5c5ccccc54)c3)c3ccccc3c(-c3ccc4ccccc4c3)c2c1)c1ccccc1. The fourth-order valence-corrected chi connectivity index (χ4v) is 14.9. The second-order valence-electron chi connectivity index (χ2n) is 20.3. The van der Waals surface area contributed by atoms with E-state index in [4.69, 9.17) is 0 Å². The molecular weight excluding hydrogens is 885 g/mol. The monoisotopic (exact) mass is 942 g/mol. The molecule has 2 radical (unpaired) electrons. The minimum absolute atomic E-state index is 0.0199. The van der Waals surface area contributed by atoms with E-state index in [1.165, 1.54) is 115 Å². The van der Waals surface area contributed by atoms with Crippen LogP contribution in [0.15, 0.2) is 212 Å². The predicted octanol–water partition coefficient (Wildman–Crippen LogP) is 18.5. The average Bonchev–Trinajstić information content (AvgIpc) is 3.97. The van der Waals surface area contributed by atoms with Crippen molar-refractivity contribution in [2.75, 3.05) is 0 Å². The fraction of sp³-hybridized carbons (Fsp3) is 0.159. The molecule has 2 nitrogen and oxygen atoms in total. The van der Waals surface area contributed by atoms with Crippen molar-refractivity contribution < 1.29 is 0 Å². The molecule has 0 saturated heterocycles. The molecule has 3 heteroatoms. The molecule has 0 saturated carbocycles. The van der Waals surface area contributed by atoms with Gasteiger partial charge in [-0.2, -0.15) is 0 Å². The Kier molecular flexibility index (Phi) is 10.8. The molecule has 2 heterocycles. The number of hydrogen-bond acceptors (Lipinski definition) is 0. The normalized spacial score (nSPS) is 13.7. The Morgan fingerprint density at radius 2 is 0.986 bits per heavy atom. The van der Waals surface area contributed by atoms with Gasteiger partial charge >= 0.3 is 0 Å². The van der Waals surface area contributed by atoms with Crippen molar-refractivity contribution in [3.8, 4) is 33.6 Å². The zero-order chi connectivity index (χ0) is 48.6. The fourth-order valence-electron chi connectivity index (χ4n) is 12.7. The van der Waals surface area contributed by atoms with Crippen LogP contribution in [0.25, 0.3) is 105 Å². The molecule has 1 aliphatic carbocycles. The van der Waals surface area contributed by atoms with Crippen LogP contribution in [0, 0.1) is 0 Å². The van der Waals surface area contributed by atoms with E-state index in [9.17, 15) is 0 Å². The summed E-state index contributed by atoms with van der Waals surface area (Å²) >= 11 is 0. The molecule has 12 aromatic rings. The third kappa shape index (κ3) is 6.96. The Labute approximate surface area is 425 Å². The molecule has 1 atom stereocenters. The van der Waals surface area contributed by atoms with Crippen LogP contribution in [-0.2, 0) is 16.5 Å². The average molecular weight is 943 g/mol. The summed E-state index contributed by atoms with van der Waals surface area (Å²) in [5.41, 5.74) is 16.6. The molecule has 1 aliphatic rings. The van der Waals surface area contributed by atoms with Gasteiger partial charge in [0.2, 0.25) is 0 Å². The summed E-state index contributed by atoms with van der Waals surface area (Å²) in [6.07, 6.45) is 9.93. The maximum Gasteiger partial charge on any atom is 0.0647 e. The number of allylic oxidation sites excluding steroid dienone is 1. The number of fused-ring (bicyclic) bond motifs is 9. The molecular formula is C69H58N2Si. The largest absolute Gasteiger partial charge is 0.313 e. The van der Waals surface area contributed by atoms with Gasteiger partial charge < -0.3 is 9.13 Å². The summed E-state index contributed by atoms with van der Waals surface area (Å²) in [5, 5.41) is 11.5. The van der Waals surface area contributed by atoms with Gasteiger partial charge in [0.1, 0.15) is 0 Å². The van der Waals surface area contributed by atoms with Crippen LogP contribution in [0.4, 0.5) is 0 Å². The van der Waals surface area contributed by atoms with Crippen LogP contribution in [0.2, 0.25) is 0 Å². The van der Waals surface area contributed by atoms with Crippen molar-refractivity contribution >= 4 is 80.6 Å². The van der Waals surface area contributed by atoms with Gasteiger partial charge in [-0.3, -0.25) is 0 Å². The Morgan fingerprint density at radius 3 is 1.65 bits per heavy atom. The molecule has 13 rings (SSSR count). The molecule has 0 amide bonds. The minimum Gasteiger partial charge on any atom is -0.313 e. The van der Waals surface area contributed by atoms with Crippen molar-refractivity contribution in [2.24, 2.45) is 0 Å². The number of nitrogens with zero attached hydrogens (tertiary/aromatic N) is 2. The lowest BCUT2D eigenvalue weighted by atomic mass is 9.82. The van der Waals surface area contributed by atoms with E-state index in [0.29, 0.717) is 9.52 Å². The van der Waals surface area contributed by atoms with Crippen molar-refractivity contribution in [3.05, 3.63) is 235 Å². The van der Waals surface area contributed by atoms with Gasteiger partial charge in [0.15, 0.2) is 0 Å². The highest BCUT2D eigenvalue weighted by atomic mass is 28.2. The van der Waals surface area contributed by atoms with Gasteiger partial charge in [0.25, 0.3) is 0 Å². The quantitative estimate of drug-likeness (QED) is 0.0903. The highest BCUT2D eigenvalue weighted by Crippen LogP contribution is 2.49. The number of hydrogen-bond donors (Lipinski definition) is 0. The van der Waals surface area contributed by atoms with Gasteiger partial charge in [0.05, 0.1) is 26.1 Å². The number of benzene rings is 10. The van der Waals surface area contributed by atoms with Crippen LogP contribution >= 0.6 is 0 Å². The molecule has 0 fully saturated rings.